The van der Waals surface area contributed by atoms with Gasteiger partial charge in [0.25, 0.3) is 11.5 Å². The minimum atomic E-state index is -0.383. The van der Waals surface area contributed by atoms with Crippen molar-refractivity contribution in [1.82, 2.24) is 20.1 Å². The molecule has 2 N–H and O–H groups in total. The topological polar surface area (TPSA) is 85.5 Å². The van der Waals surface area contributed by atoms with E-state index in [4.69, 9.17) is 0 Å². The average Bonchev–Trinajstić information content (AvgIpc) is 2.61. The van der Waals surface area contributed by atoms with Crippen LogP contribution in [0.1, 0.15) is 17.3 Å². The quantitative estimate of drug-likeness (QED) is 0.843. The maximum absolute atomic E-state index is 12.3. The lowest BCUT2D eigenvalue weighted by Crippen LogP contribution is -2.49. The van der Waals surface area contributed by atoms with Gasteiger partial charge in [0.15, 0.2) is 0 Å². The second kappa shape index (κ2) is 7.48. The lowest BCUT2D eigenvalue weighted by molar-refractivity contribution is -0.130. The van der Waals surface area contributed by atoms with Gasteiger partial charge in [-0.25, -0.2) is 0 Å². The van der Waals surface area contributed by atoms with Crippen LogP contribution < -0.4 is 10.9 Å². The molecule has 1 saturated heterocycles. The van der Waals surface area contributed by atoms with Crippen LogP contribution >= 0.6 is 0 Å². The zero-order valence-corrected chi connectivity index (χ0v) is 14.2. The van der Waals surface area contributed by atoms with Gasteiger partial charge in [0.2, 0.25) is 5.91 Å². The van der Waals surface area contributed by atoms with E-state index in [0.29, 0.717) is 31.7 Å². The first-order valence-electron chi connectivity index (χ1n) is 8.43. The number of aromatic amines is 1. The summed E-state index contributed by atoms with van der Waals surface area (Å²) in [6, 6.07) is 8.98. The summed E-state index contributed by atoms with van der Waals surface area (Å²) < 4.78 is 0. The van der Waals surface area contributed by atoms with Crippen LogP contribution in [0.4, 0.5) is 0 Å². The van der Waals surface area contributed by atoms with Crippen molar-refractivity contribution in [1.29, 1.82) is 0 Å². The number of H-pyrrole nitrogens is 1. The number of carbonyl (C=O) groups is 2. The Bertz CT molecular complexity index is 838. The monoisotopic (exact) mass is 342 g/mol. The molecule has 7 nitrogen and oxygen atoms in total. The molecule has 0 aliphatic carbocycles. The van der Waals surface area contributed by atoms with E-state index in [1.807, 2.05) is 23.1 Å². The fourth-order valence-electron chi connectivity index (χ4n) is 3.03. The molecule has 2 amide bonds. The van der Waals surface area contributed by atoms with Gasteiger partial charge in [-0.2, -0.15) is 0 Å². The summed E-state index contributed by atoms with van der Waals surface area (Å²) in [5, 5.41) is 3.63. The van der Waals surface area contributed by atoms with E-state index in [0.717, 1.165) is 18.5 Å². The van der Waals surface area contributed by atoms with E-state index in [-0.39, 0.29) is 22.9 Å². The molecule has 0 bridgehead atoms. The molecule has 25 heavy (non-hydrogen) atoms. The molecule has 1 aromatic heterocycles. The number of hydrogen-bond acceptors (Lipinski definition) is 4. The first-order valence-corrected chi connectivity index (χ1v) is 8.43. The van der Waals surface area contributed by atoms with Gasteiger partial charge in [-0.1, -0.05) is 18.2 Å². The Labute approximate surface area is 145 Å². The van der Waals surface area contributed by atoms with Crippen molar-refractivity contribution in [2.45, 2.75) is 6.92 Å². The molecule has 1 aliphatic rings. The molecule has 2 aromatic rings. The largest absolute Gasteiger partial charge is 0.351 e. The second-order valence-corrected chi connectivity index (χ2v) is 6.20. The van der Waals surface area contributed by atoms with Crippen molar-refractivity contribution < 1.29 is 9.59 Å². The predicted octanol–water partition coefficient (Wildman–Crippen LogP) is 0.422. The van der Waals surface area contributed by atoms with Gasteiger partial charge in [-0.3, -0.25) is 19.3 Å². The molecule has 7 heteroatoms. The standard InChI is InChI=1S/C18H22N4O3/c1-13(23)22-10-8-21(9-11-22)7-6-19-17(24)15-12-14-4-2-3-5-16(14)20-18(15)25/h2-5,12H,6-11H2,1H3,(H,19,24)(H,20,25). The van der Waals surface area contributed by atoms with Gasteiger partial charge >= 0.3 is 0 Å². The van der Waals surface area contributed by atoms with Gasteiger partial charge in [-0.15, -0.1) is 0 Å². The van der Waals surface area contributed by atoms with Crippen molar-refractivity contribution >= 4 is 22.7 Å². The molecule has 0 atom stereocenters. The summed E-state index contributed by atoms with van der Waals surface area (Å²) in [5.41, 5.74) is 0.457. The maximum Gasteiger partial charge on any atom is 0.261 e. The zero-order chi connectivity index (χ0) is 17.8. The third-order valence-corrected chi connectivity index (χ3v) is 4.53. The second-order valence-electron chi connectivity index (χ2n) is 6.20. The van der Waals surface area contributed by atoms with Crippen LogP contribution in [0.25, 0.3) is 10.9 Å². The number of carbonyl (C=O) groups excluding carboxylic acids is 2. The Morgan fingerprint density at radius 3 is 2.60 bits per heavy atom. The van der Waals surface area contributed by atoms with Crippen LogP contribution in [0.15, 0.2) is 35.1 Å². The van der Waals surface area contributed by atoms with Crippen molar-refractivity contribution in [3.63, 3.8) is 0 Å². The van der Waals surface area contributed by atoms with E-state index < -0.39 is 0 Å². The van der Waals surface area contributed by atoms with Crippen molar-refractivity contribution in [2.24, 2.45) is 0 Å². The van der Waals surface area contributed by atoms with E-state index >= 15 is 0 Å². The highest BCUT2D eigenvalue weighted by atomic mass is 16.2. The number of nitrogens with one attached hydrogen (secondary N) is 2. The van der Waals surface area contributed by atoms with Crippen LogP contribution in [0.3, 0.4) is 0 Å². The third kappa shape index (κ3) is 4.06. The van der Waals surface area contributed by atoms with Crippen LogP contribution in [-0.2, 0) is 4.79 Å². The minimum Gasteiger partial charge on any atom is -0.351 e. The van der Waals surface area contributed by atoms with Crippen molar-refractivity contribution in [3.05, 3.63) is 46.2 Å². The minimum absolute atomic E-state index is 0.100. The number of rotatable bonds is 4. The number of nitrogens with zero attached hydrogens (tertiary/aromatic N) is 2. The molecule has 1 aromatic carbocycles. The number of amides is 2. The Morgan fingerprint density at radius 2 is 1.88 bits per heavy atom. The summed E-state index contributed by atoms with van der Waals surface area (Å²) in [7, 11) is 0. The van der Waals surface area contributed by atoms with Crippen LogP contribution in [0.2, 0.25) is 0 Å². The molecule has 0 spiro atoms. The van der Waals surface area contributed by atoms with Gasteiger partial charge in [-0.05, 0) is 17.5 Å². The number of benzene rings is 1. The van der Waals surface area contributed by atoms with Gasteiger partial charge in [0.1, 0.15) is 5.56 Å². The van der Waals surface area contributed by atoms with E-state index in [9.17, 15) is 14.4 Å². The molecule has 1 aliphatic heterocycles. The molecule has 2 heterocycles. The fourth-order valence-corrected chi connectivity index (χ4v) is 3.03. The molecule has 3 rings (SSSR count). The number of piperazine rings is 1. The summed E-state index contributed by atoms with van der Waals surface area (Å²) in [5.74, 6) is -0.266. The van der Waals surface area contributed by atoms with Crippen LogP contribution in [0.5, 0.6) is 0 Å². The summed E-state index contributed by atoms with van der Waals surface area (Å²) in [6.07, 6.45) is 0. The van der Waals surface area contributed by atoms with Crippen molar-refractivity contribution in [3.8, 4) is 0 Å². The van der Waals surface area contributed by atoms with E-state index in [1.54, 1.807) is 19.1 Å². The summed E-state index contributed by atoms with van der Waals surface area (Å²) in [4.78, 5) is 42.4. The smallest absolute Gasteiger partial charge is 0.261 e. The number of hydrogen-bond donors (Lipinski definition) is 2. The highest BCUT2D eigenvalue weighted by Gasteiger charge is 2.18. The predicted molar refractivity (Wildman–Crippen MR) is 95.6 cm³/mol. The number of pyridine rings is 1. The van der Waals surface area contributed by atoms with Gasteiger partial charge in [0, 0.05) is 51.7 Å². The van der Waals surface area contributed by atoms with Crippen LogP contribution in [-0.4, -0.2) is 65.9 Å². The first-order chi connectivity index (χ1) is 12.0. The molecule has 132 valence electrons. The van der Waals surface area contributed by atoms with Gasteiger partial charge in [0.05, 0.1) is 0 Å². The Balaban J connectivity index is 1.54. The number of aromatic nitrogens is 1. The SMILES string of the molecule is CC(=O)N1CCN(CCNC(=O)c2cc3ccccc3[nH]c2=O)CC1. The van der Waals surface area contributed by atoms with E-state index in [1.165, 1.54) is 0 Å². The highest BCUT2D eigenvalue weighted by molar-refractivity contribution is 5.97. The zero-order valence-electron chi connectivity index (χ0n) is 14.2. The lowest BCUT2D eigenvalue weighted by Gasteiger charge is -2.34. The Morgan fingerprint density at radius 1 is 1.16 bits per heavy atom. The maximum atomic E-state index is 12.3. The Kier molecular flexibility index (Phi) is 5.14. The van der Waals surface area contributed by atoms with Crippen LogP contribution in [0, 0.1) is 0 Å². The first kappa shape index (κ1) is 17.2. The third-order valence-electron chi connectivity index (χ3n) is 4.53. The average molecular weight is 342 g/mol. The molecule has 0 radical (unpaired) electrons. The van der Waals surface area contributed by atoms with Crippen molar-refractivity contribution in [2.75, 3.05) is 39.3 Å². The normalized spacial score (nSPS) is 15.3. The fraction of sp³-hybridized carbons (Fsp3) is 0.389. The summed E-state index contributed by atoms with van der Waals surface area (Å²) in [6.45, 7) is 5.77. The lowest BCUT2D eigenvalue weighted by atomic mass is 10.1. The van der Waals surface area contributed by atoms with E-state index in [2.05, 4.69) is 15.2 Å². The number of para-hydroxylation sites is 1. The molecule has 1 fully saturated rings. The highest BCUT2D eigenvalue weighted by Crippen LogP contribution is 2.10. The molecular weight excluding hydrogens is 320 g/mol. The summed E-state index contributed by atoms with van der Waals surface area (Å²) >= 11 is 0. The molecule has 0 unspecified atom stereocenters. The molecular formula is C18H22N4O3. The molecule has 0 saturated carbocycles. The number of fused-ring (bicyclic) bond motifs is 1. The van der Waals surface area contributed by atoms with Gasteiger partial charge < -0.3 is 15.2 Å². The Hall–Kier alpha value is -2.67.